The van der Waals surface area contributed by atoms with Crippen LogP contribution in [0.25, 0.3) is 0 Å². The normalized spacial score (nSPS) is 24.1. The van der Waals surface area contributed by atoms with Crippen molar-refractivity contribution in [3.8, 4) is 0 Å². The van der Waals surface area contributed by atoms with E-state index in [1.54, 1.807) is 7.05 Å². The van der Waals surface area contributed by atoms with Crippen LogP contribution in [0.4, 0.5) is 0 Å². The van der Waals surface area contributed by atoms with E-state index in [1.165, 1.54) is 0 Å². The predicted molar refractivity (Wildman–Crippen MR) is 67.4 cm³/mol. The molecule has 0 radical (unpaired) electrons. The second-order valence-electron chi connectivity index (χ2n) is 4.89. The molecule has 0 aromatic rings. The number of nitrogens with one attached hydrogen (secondary N) is 2. The van der Waals surface area contributed by atoms with Crippen LogP contribution in [0.3, 0.4) is 0 Å². The number of amides is 2. The summed E-state index contributed by atoms with van der Waals surface area (Å²) < 4.78 is 0. The van der Waals surface area contributed by atoms with Gasteiger partial charge in [-0.2, -0.15) is 0 Å². The number of hydrogen-bond donors (Lipinski definition) is 2. The van der Waals surface area contributed by atoms with Gasteiger partial charge in [-0.05, 0) is 38.0 Å². The largest absolute Gasteiger partial charge is 0.359 e. The third kappa shape index (κ3) is 4.75. The summed E-state index contributed by atoms with van der Waals surface area (Å²) in [6.45, 7) is 2.79. The average Bonchev–Trinajstić information content (AvgIpc) is 2.36. The molecular weight excluding hydrogens is 216 g/mol. The van der Waals surface area contributed by atoms with Crippen molar-refractivity contribution in [2.45, 2.75) is 45.4 Å². The average molecular weight is 240 g/mol. The van der Waals surface area contributed by atoms with Crippen molar-refractivity contribution in [2.24, 2.45) is 11.8 Å². The maximum Gasteiger partial charge on any atom is 0.222 e. The molecule has 0 heterocycles. The molecule has 1 fully saturated rings. The highest BCUT2D eigenvalue weighted by molar-refractivity contribution is 5.78. The molecular formula is C13H24N2O2. The van der Waals surface area contributed by atoms with E-state index >= 15 is 0 Å². The Bertz CT molecular complexity index is 258. The topological polar surface area (TPSA) is 58.2 Å². The fraction of sp³-hybridized carbons (Fsp3) is 0.846. The van der Waals surface area contributed by atoms with Crippen molar-refractivity contribution >= 4 is 11.8 Å². The lowest BCUT2D eigenvalue weighted by molar-refractivity contribution is -0.126. The number of rotatable bonds is 5. The fourth-order valence-corrected chi connectivity index (χ4v) is 2.41. The van der Waals surface area contributed by atoms with Crippen molar-refractivity contribution in [1.29, 1.82) is 0 Å². The van der Waals surface area contributed by atoms with E-state index in [-0.39, 0.29) is 17.7 Å². The van der Waals surface area contributed by atoms with Crippen LogP contribution >= 0.6 is 0 Å². The molecule has 1 aliphatic carbocycles. The molecule has 0 spiro atoms. The van der Waals surface area contributed by atoms with Gasteiger partial charge in [-0.15, -0.1) is 0 Å². The summed E-state index contributed by atoms with van der Waals surface area (Å²) in [5.74, 6) is 1.05. The predicted octanol–water partition coefficient (Wildman–Crippen LogP) is 1.46. The molecule has 0 unspecified atom stereocenters. The Labute approximate surface area is 104 Å². The van der Waals surface area contributed by atoms with Crippen molar-refractivity contribution in [3.05, 3.63) is 0 Å². The van der Waals surface area contributed by atoms with Gasteiger partial charge < -0.3 is 10.6 Å². The molecule has 4 nitrogen and oxygen atoms in total. The minimum atomic E-state index is 0.154. The quantitative estimate of drug-likeness (QED) is 0.764. The summed E-state index contributed by atoms with van der Waals surface area (Å²) in [6.07, 6.45) is 5.51. The Morgan fingerprint density at radius 1 is 1.18 bits per heavy atom. The van der Waals surface area contributed by atoms with E-state index in [2.05, 4.69) is 10.6 Å². The summed E-state index contributed by atoms with van der Waals surface area (Å²) in [4.78, 5) is 22.8. The van der Waals surface area contributed by atoms with Crippen LogP contribution in [-0.2, 0) is 9.59 Å². The van der Waals surface area contributed by atoms with Gasteiger partial charge in [-0.1, -0.05) is 6.92 Å². The Morgan fingerprint density at radius 2 is 1.82 bits per heavy atom. The van der Waals surface area contributed by atoms with Gasteiger partial charge in [0.05, 0.1) is 0 Å². The molecule has 1 rings (SSSR count). The second kappa shape index (κ2) is 7.30. The molecule has 0 aromatic carbocycles. The van der Waals surface area contributed by atoms with Crippen LogP contribution in [-0.4, -0.2) is 25.4 Å². The maximum absolute atomic E-state index is 11.4. The molecule has 98 valence electrons. The van der Waals surface area contributed by atoms with Gasteiger partial charge in [-0.3, -0.25) is 9.59 Å². The van der Waals surface area contributed by atoms with E-state index in [0.717, 1.165) is 38.6 Å². The molecule has 0 atom stereocenters. The summed E-state index contributed by atoms with van der Waals surface area (Å²) in [7, 11) is 1.69. The monoisotopic (exact) mass is 240 g/mol. The Balaban J connectivity index is 2.19. The van der Waals surface area contributed by atoms with Crippen LogP contribution in [0.2, 0.25) is 0 Å². The van der Waals surface area contributed by atoms with Gasteiger partial charge in [0, 0.05) is 25.9 Å². The van der Waals surface area contributed by atoms with E-state index in [0.29, 0.717) is 12.3 Å². The molecule has 1 saturated carbocycles. The number of carbonyl (C=O) groups is 2. The fourth-order valence-electron chi connectivity index (χ4n) is 2.41. The summed E-state index contributed by atoms with van der Waals surface area (Å²) in [6, 6.07) is 0. The maximum atomic E-state index is 11.4. The summed E-state index contributed by atoms with van der Waals surface area (Å²) in [5.41, 5.74) is 0. The SMILES string of the molecule is CCCC(=O)NCC1CCC(C(=O)NC)CC1. The first-order chi connectivity index (χ1) is 8.17. The van der Waals surface area contributed by atoms with Crippen molar-refractivity contribution in [3.63, 3.8) is 0 Å². The molecule has 2 amide bonds. The molecule has 0 aliphatic heterocycles. The van der Waals surface area contributed by atoms with Crippen LogP contribution < -0.4 is 10.6 Å². The molecule has 2 N–H and O–H groups in total. The van der Waals surface area contributed by atoms with E-state index in [9.17, 15) is 9.59 Å². The van der Waals surface area contributed by atoms with Crippen LogP contribution in [0, 0.1) is 11.8 Å². The number of hydrogen-bond acceptors (Lipinski definition) is 2. The first kappa shape index (κ1) is 14.0. The smallest absolute Gasteiger partial charge is 0.222 e. The van der Waals surface area contributed by atoms with Gasteiger partial charge in [0.1, 0.15) is 0 Å². The van der Waals surface area contributed by atoms with Crippen molar-refractivity contribution in [1.82, 2.24) is 10.6 Å². The van der Waals surface area contributed by atoms with Crippen LogP contribution in [0.15, 0.2) is 0 Å². The Morgan fingerprint density at radius 3 is 2.35 bits per heavy atom. The highest BCUT2D eigenvalue weighted by Crippen LogP contribution is 2.28. The van der Waals surface area contributed by atoms with Gasteiger partial charge in [0.2, 0.25) is 11.8 Å². The van der Waals surface area contributed by atoms with E-state index < -0.39 is 0 Å². The highest BCUT2D eigenvalue weighted by Gasteiger charge is 2.25. The van der Waals surface area contributed by atoms with Gasteiger partial charge in [0.25, 0.3) is 0 Å². The highest BCUT2D eigenvalue weighted by atomic mass is 16.2. The minimum absolute atomic E-state index is 0.154. The third-order valence-electron chi connectivity index (χ3n) is 3.53. The van der Waals surface area contributed by atoms with Gasteiger partial charge in [0.15, 0.2) is 0 Å². The summed E-state index contributed by atoms with van der Waals surface area (Å²) in [5, 5.41) is 5.68. The lowest BCUT2D eigenvalue weighted by Crippen LogP contribution is -2.34. The van der Waals surface area contributed by atoms with E-state index in [4.69, 9.17) is 0 Å². The lowest BCUT2D eigenvalue weighted by atomic mass is 9.81. The first-order valence-corrected chi connectivity index (χ1v) is 6.65. The Kier molecular flexibility index (Phi) is 6.01. The Hall–Kier alpha value is -1.06. The zero-order valence-corrected chi connectivity index (χ0v) is 10.9. The molecule has 4 heteroatoms. The third-order valence-corrected chi connectivity index (χ3v) is 3.53. The zero-order chi connectivity index (χ0) is 12.7. The first-order valence-electron chi connectivity index (χ1n) is 6.65. The zero-order valence-electron chi connectivity index (χ0n) is 10.9. The van der Waals surface area contributed by atoms with Crippen LogP contribution in [0.5, 0.6) is 0 Å². The minimum Gasteiger partial charge on any atom is -0.359 e. The molecule has 0 aromatic heterocycles. The standard InChI is InChI=1S/C13H24N2O2/c1-3-4-12(16)15-9-10-5-7-11(8-6-10)13(17)14-2/h10-11H,3-9H2,1-2H3,(H,14,17)(H,15,16). The second-order valence-corrected chi connectivity index (χ2v) is 4.89. The molecule has 0 bridgehead atoms. The van der Waals surface area contributed by atoms with Crippen molar-refractivity contribution < 1.29 is 9.59 Å². The lowest BCUT2D eigenvalue weighted by Gasteiger charge is -2.27. The molecule has 0 saturated heterocycles. The molecule has 1 aliphatic rings. The summed E-state index contributed by atoms with van der Waals surface area (Å²) >= 11 is 0. The molecule has 17 heavy (non-hydrogen) atoms. The van der Waals surface area contributed by atoms with Crippen LogP contribution in [0.1, 0.15) is 45.4 Å². The van der Waals surface area contributed by atoms with Gasteiger partial charge in [-0.25, -0.2) is 0 Å². The van der Waals surface area contributed by atoms with Crippen molar-refractivity contribution in [2.75, 3.05) is 13.6 Å². The van der Waals surface area contributed by atoms with Gasteiger partial charge >= 0.3 is 0 Å². The van der Waals surface area contributed by atoms with E-state index in [1.807, 2.05) is 6.92 Å². The number of carbonyl (C=O) groups excluding carboxylic acids is 2.